The largest absolute Gasteiger partial charge is 0.394 e. The monoisotopic (exact) mass is 732 g/mol. The molecule has 4 aliphatic rings. The van der Waals surface area contributed by atoms with E-state index in [1.165, 1.54) is 6.92 Å². The summed E-state index contributed by atoms with van der Waals surface area (Å²) < 4.78 is 39.9. The van der Waals surface area contributed by atoms with Crippen molar-refractivity contribution in [2.24, 2.45) is 0 Å². The molecule has 0 radical (unpaired) electrons. The van der Waals surface area contributed by atoms with E-state index in [9.17, 15) is 65.8 Å². The normalized spacial score (nSPS) is 48.5. The first-order valence-corrected chi connectivity index (χ1v) is 15.9. The van der Waals surface area contributed by atoms with Crippen molar-refractivity contribution in [1.29, 1.82) is 0 Å². The molecule has 290 valence electrons. The Hall–Kier alpha value is -1.78. The van der Waals surface area contributed by atoms with Crippen molar-refractivity contribution < 1.29 is 98.9 Å². The van der Waals surface area contributed by atoms with Gasteiger partial charge in [-0.1, -0.05) is 0 Å². The number of carbonyl (C=O) groups is 2. The van der Waals surface area contributed by atoms with E-state index in [0.29, 0.717) is 0 Å². The fraction of sp³-hybridized carbons (Fsp3) is 0.929. The van der Waals surface area contributed by atoms with Gasteiger partial charge in [0.1, 0.15) is 91.4 Å². The maximum Gasteiger partial charge on any atom is 0.217 e. The van der Waals surface area contributed by atoms with Crippen LogP contribution in [-0.4, -0.2) is 211 Å². The molecule has 22 heteroatoms. The van der Waals surface area contributed by atoms with Crippen LogP contribution in [0.5, 0.6) is 0 Å². The third-order valence-corrected chi connectivity index (χ3v) is 8.97. The molecule has 20 atom stereocenters. The number of hydrogen-bond donors (Lipinski definition) is 13. The van der Waals surface area contributed by atoms with Crippen LogP contribution in [0.25, 0.3) is 0 Å². The van der Waals surface area contributed by atoms with Crippen molar-refractivity contribution in [3.63, 3.8) is 0 Å². The Morgan fingerprint density at radius 3 is 1.60 bits per heavy atom. The minimum Gasteiger partial charge on any atom is -0.394 e. The molecule has 4 fully saturated rings. The third-order valence-electron chi connectivity index (χ3n) is 8.97. The van der Waals surface area contributed by atoms with Gasteiger partial charge in [0.15, 0.2) is 25.2 Å². The van der Waals surface area contributed by atoms with Gasteiger partial charge in [-0.05, 0) is 6.92 Å². The number of carbonyl (C=O) groups excluding carboxylic acids is 2. The first-order chi connectivity index (χ1) is 23.5. The van der Waals surface area contributed by atoms with Gasteiger partial charge < -0.3 is 100.0 Å². The molecule has 50 heavy (non-hydrogen) atoms. The zero-order chi connectivity index (χ0) is 37.2. The minimum atomic E-state index is -2.04. The van der Waals surface area contributed by atoms with Gasteiger partial charge in [-0.2, -0.15) is 0 Å². The van der Waals surface area contributed by atoms with E-state index >= 15 is 0 Å². The van der Waals surface area contributed by atoms with Crippen LogP contribution >= 0.6 is 0 Å². The second-order valence-corrected chi connectivity index (χ2v) is 12.6. The molecule has 2 amide bonds. The average molecular weight is 733 g/mol. The molecule has 0 aliphatic carbocycles. The van der Waals surface area contributed by atoms with Crippen molar-refractivity contribution in [3.05, 3.63) is 0 Å². The Morgan fingerprint density at radius 2 is 1.02 bits per heavy atom. The standard InChI is InChI=1S/C28H48N2O20/c1-7-15(36)19(40)20(41)27(44-7)49-23-14(30-9(3)35)25(43)45-12(6-33)22(23)48-28-21(42)24(17(38)11(5-32)47-28)50-26-13(29-8(2)34)18(39)16(37)10(4-31)46-26/h7,10-28,31-33,36-43H,4-6H2,1-3H3,(H,29,34)(H,30,35)/t7-,10+,11+,12+,13+,14+,15+,16+,17-,18+,19+,20-,21+,22+,23+,24-,25+,26-,27-,28-/m0/s1. The number of aliphatic hydroxyl groups is 11. The molecule has 13 N–H and O–H groups in total. The smallest absolute Gasteiger partial charge is 0.217 e. The SMILES string of the molecule is CC(=O)N[C@@H]1[C@@H](O[C@@H]2O[C@@H](C)[C@@H](O)[C@@H](O)[C@@H]2O)[C@H](O[C@@H]2O[C@H](CO)[C@H](O)[C@H](O[C@@H]3O[C@H](CO)[C@@H](O)[C@H](O)[C@H]3NC(C)=O)[C@H]2O)[C@@H](CO)O[C@H]1O. The van der Waals surface area contributed by atoms with Crippen molar-refractivity contribution in [3.8, 4) is 0 Å². The fourth-order valence-electron chi connectivity index (χ4n) is 6.28. The second-order valence-electron chi connectivity index (χ2n) is 12.6. The van der Waals surface area contributed by atoms with Crippen molar-refractivity contribution >= 4 is 11.8 Å². The number of ether oxygens (including phenoxy) is 7. The van der Waals surface area contributed by atoms with Gasteiger partial charge in [0, 0.05) is 13.8 Å². The Labute approximate surface area is 285 Å². The van der Waals surface area contributed by atoms with Gasteiger partial charge in [-0.3, -0.25) is 9.59 Å². The second kappa shape index (κ2) is 17.4. The van der Waals surface area contributed by atoms with E-state index < -0.39 is 154 Å². The van der Waals surface area contributed by atoms with E-state index in [1.807, 2.05) is 0 Å². The quantitative estimate of drug-likeness (QED) is 0.0938. The summed E-state index contributed by atoms with van der Waals surface area (Å²) in [5.41, 5.74) is 0. The summed E-state index contributed by atoms with van der Waals surface area (Å²) in [7, 11) is 0. The van der Waals surface area contributed by atoms with Crippen LogP contribution in [-0.2, 0) is 42.7 Å². The summed E-state index contributed by atoms with van der Waals surface area (Å²) >= 11 is 0. The van der Waals surface area contributed by atoms with Crippen LogP contribution in [0, 0.1) is 0 Å². The third kappa shape index (κ3) is 8.70. The maximum absolute atomic E-state index is 12.1. The number of amides is 2. The van der Waals surface area contributed by atoms with Gasteiger partial charge in [-0.25, -0.2) is 0 Å². The Kier molecular flexibility index (Phi) is 14.2. The molecule has 0 saturated carbocycles. The molecule has 4 saturated heterocycles. The Bertz CT molecular complexity index is 1130. The highest BCUT2D eigenvalue weighted by atomic mass is 16.8. The lowest BCUT2D eigenvalue weighted by Crippen LogP contribution is -2.70. The van der Waals surface area contributed by atoms with E-state index in [0.717, 1.165) is 13.8 Å². The first-order valence-electron chi connectivity index (χ1n) is 15.9. The zero-order valence-electron chi connectivity index (χ0n) is 27.3. The van der Waals surface area contributed by atoms with Crippen LogP contribution in [0.3, 0.4) is 0 Å². The molecule has 0 spiro atoms. The molecular weight excluding hydrogens is 684 g/mol. The highest BCUT2D eigenvalue weighted by Crippen LogP contribution is 2.34. The van der Waals surface area contributed by atoms with Crippen LogP contribution < -0.4 is 10.6 Å². The molecule has 0 aromatic carbocycles. The molecule has 4 rings (SSSR count). The molecule has 22 nitrogen and oxygen atoms in total. The number of nitrogens with one attached hydrogen (secondary N) is 2. The Balaban J connectivity index is 1.65. The molecular formula is C28H48N2O20. The van der Waals surface area contributed by atoms with E-state index in [-0.39, 0.29) is 0 Å². The molecule has 0 aromatic heterocycles. The van der Waals surface area contributed by atoms with E-state index in [2.05, 4.69) is 10.6 Å². The van der Waals surface area contributed by atoms with Crippen LogP contribution in [0.4, 0.5) is 0 Å². The number of rotatable bonds is 11. The van der Waals surface area contributed by atoms with Gasteiger partial charge in [0.2, 0.25) is 11.8 Å². The van der Waals surface area contributed by atoms with Gasteiger partial charge in [0.05, 0.1) is 25.9 Å². The molecule has 4 aliphatic heterocycles. The lowest BCUT2D eigenvalue weighted by atomic mass is 9.94. The Morgan fingerprint density at radius 1 is 0.520 bits per heavy atom. The minimum absolute atomic E-state index is 0.693. The van der Waals surface area contributed by atoms with Gasteiger partial charge >= 0.3 is 0 Å². The van der Waals surface area contributed by atoms with Crippen LogP contribution in [0.1, 0.15) is 20.8 Å². The predicted molar refractivity (Wildman–Crippen MR) is 156 cm³/mol. The van der Waals surface area contributed by atoms with Crippen LogP contribution in [0.2, 0.25) is 0 Å². The van der Waals surface area contributed by atoms with Crippen molar-refractivity contribution in [1.82, 2.24) is 10.6 Å². The summed E-state index contributed by atoms with van der Waals surface area (Å²) in [6.07, 6.45) is -30.4. The van der Waals surface area contributed by atoms with Crippen molar-refractivity contribution in [2.45, 2.75) is 143 Å². The number of hydrogen-bond acceptors (Lipinski definition) is 20. The maximum atomic E-state index is 12.1. The van der Waals surface area contributed by atoms with E-state index in [1.54, 1.807) is 0 Å². The highest BCUT2D eigenvalue weighted by Gasteiger charge is 2.56. The number of aliphatic hydroxyl groups excluding tert-OH is 11. The highest BCUT2D eigenvalue weighted by molar-refractivity contribution is 5.73. The lowest BCUT2D eigenvalue weighted by molar-refractivity contribution is -0.381. The predicted octanol–water partition coefficient (Wildman–Crippen LogP) is -8.43. The first kappa shape index (κ1) is 41.0. The van der Waals surface area contributed by atoms with Gasteiger partial charge in [0.25, 0.3) is 0 Å². The summed E-state index contributed by atoms with van der Waals surface area (Å²) in [6.45, 7) is 0.960. The lowest BCUT2D eigenvalue weighted by Gasteiger charge is -2.50. The molecule has 0 bridgehead atoms. The van der Waals surface area contributed by atoms with E-state index in [4.69, 9.17) is 33.2 Å². The molecule has 0 unspecified atom stereocenters. The topological polar surface area (TPSA) is 345 Å². The summed E-state index contributed by atoms with van der Waals surface area (Å²) in [5.74, 6) is -1.40. The summed E-state index contributed by atoms with van der Waals surface area (Å²) in [6, 6.07) is -3.03. The molecule has 0 aromatic rings. The zero-order valence-corrected chi connectivity index (χ0v) is 27.3. The summed E-state index contributed by atoms with van der Waals surface area (Å²) in [4.78, 5) is 24.0. The van der Waals surface area contributed by atoms with Crippen LogP contribution in [0.15, 0.2) is 0 Å². The fourth-order valence-corrected chi connectivity index (χ4v) is 6.28. The van der Waals surface area contributed by atoms with Crippen molar-refractivity contribution in [2.75, 3.05) is 19.8 Å². The molecule has 4 heterocycles. The van der Waals surface area contributed by atoms with Gasteiger partial charge in [-0.15, -0.1) is 0 Å². The summed E-state index contributed by atoms with van der Waals surface area (Å²) in [5, 5.41) is 120. The average Bonchev–Trinajstić information content (AvgIpc) is 3.06.